The molecule has 1 aromatic carbocycles. The van der Waals surface area contributed by atoms with E-state index in [9.17, 15) is 14.9 Å². The van der Waals surface area contributed by atoms with Crippen molar-refractivity contribution >= 4 is 28.8 Å². The maximum absolute atomic E-state index is 12.3. The molecule has 2 heterocycles. The number of hydrogen-bond acceptors (Lipinski definition) is 6. The van der Waals surface area contributed by atoms with Crippen LogP contribution in [0.5, 0.6) is 0 Å². The highest BCUT2D eigenvalue weighted by Crippen LogP contribution is 2.17. The van der Waals surface area contributed by atoms with Gasteiger partial charge in [0, 0.05) is 17.8 Å². The van der Waals surface area contributed by atoms with Gasteiger partial charge in [-0.15, -0.1) is 0 Å². The molecule has 0 saturated carbocycles. The molecule has 1 N–H and O–H groups in total. The van der Waals surface area contributed by atoms with E-state index >= 15 is 0 Å². The van der Waals surface area contributed by atoms with Crippen molar-refractivity contribution in [1.82, 2.24) is 9.38 Å². The molecule has 3 rings (SSSR count). The fourth-order valence-corrected chi connectivity index (χ4v) is 2.51. The molecule has 9 heteroatoms. The quantitative estimate of drug-likeness (QED) is 0.388. The molecule has 0 aliphatic carbocycles. The van der Waals surface area contributed by atoms with E-state index in [1.807, 2.05) is 12.1 Å². The lowest BCUT2D eigenvalue weighted by Crippen LogP contribution is -2.22. The van der Waals surface area contributed by atoms with Gasteiger partial charge in [-0.2, -0.15) is 0 Å². The molecule has 0 aliphatic heterocycles. The molecule has 0 fully saturated rings. The zero-order valence-corrected chi connectivity index (χ0v) is 14.3. The molecule has 0 atom stereocenters. The standard InChI is InChI=1S/C17H15ClN4O4/c18-13-6-4-12(5-7-13)11-26-10-8-19-16-15(22(24)25)17(23)21-9-2-1-3-14(21)20-16/h1-7,9,19H,8,10-11H2. The predicted octanol–water partition coefficient (Wildman–Crippen LogP) is 2.88. The van der Waals surface area contributed by atoms with E-state index in [2.05, 4.69) is 10.3 Å². The van der Waals surface area contributed by atoms with Gasteiger partial charge in [0.25, 0.3) is 0 Å². The molecule has 134 valence electrons. The smallest absolute Gasteiger partial charge is 0.375 e. The average Bonchev–Trinajstić information content (AvgIpc) is 2.63. The van der Waals surface area contributed by atoms with Gasteiger partial charge in [-0.3, -0.25) is 19.3 Å². The molecule has 0 amide bonds. The lowest BCUT2D eigenvalue weighted by molar-refractivity contribution is -0.385. The summed E-state index contributed by atoms with van der Waals surface area (Å²) in [6, 6.07) is 12.2. The molecular formula is C17H15ClN4O4. The topological polar surface area (TPSA) is 98.8 Å². The normalized spacial score (nSPS) is 10.8. The molecule has 0 unspecified atom stereocenters. The van der Waals surface area contributed by atoms with Crippen molar-refractivity contribution in [3.8, 4) is 0 Å². The van der Waals surface area contributed by atoms with Crippen LogP contribution in [-0.2, 0) is 11.3 Å². The molecule has 3 aromatic rings. The first kappa shape index (κ1) is 17.8. The van der Waals surface area contributed by atoms with Gasteiger partial charge in [-0.05, 0) is 29.8 Å². The van der Waals surface area contributed by atoms with Crippen molar-refractivity contribution in [1.29, 1.82) is 0 Å². The predicted molar refractivity (Wildman–Crippen MR) is 97.7 cm³/mol. The summed E-state index contributed by atoms with van der Waals surface area (Å²) in [6.07, 6.45) is 1.44. The SMILES string of the molecule is O=c1c([N+](=O)[O-])c(NCCOCc2ccc(Cl)cc2)nc2ccccn12. The Hall–Kier alpha value is -2.97. The zero-order valence-electron chi connectivity index (χ0n) is 13.6. The number of benzene rings is 1. The number of ether oxygens (including phenoxy) is 1. The van der Waals surface area contributed by atoms with Crippen molar-refractivity contribution in [2.45, 2.75) is 6.61 Å². The van der Waals surface area contributed by atoms with E-state index in [0.717, 1.165) is 9.96 Å². The van der Waals surface area contributed by atoms with Crippen LogP contribution in [0.15, 0.2) is 53.5 Å². The molecule has 0 spiro atoms. The Morgan fingerprint density at radius 1 is 1.23 bits per heavy atom. The fourth-order valence-electron chi connectivity index (χ4n) is 2.38. The van der Waals surface area contributed by atoms with Crippen molar-refractivity contribution in [2.75, 3.05) is 18.5 Å². The molecule has 2 aromatic heterocycles. The van der Waals surface area contributed by atoms with Gasteiger partial charge < -0.3 is 10.1 Å². The number of halogens is 1. The number of anilines is 1. The van der Waals surface area contributed by atoms with Crippen LogP contribution in [0.3, 0.4) is 0 Å². The van der Waals surface area contributed by atoms with Crippen LogP contribution in [0, 0.1) is 10.1 Å². The third-order valence-electron chi connectivity index (χ3n) is 3.61. The van der Waals surface area contributed by atoms with E-state index in [1.165, 1.54) is 6.20 Å². The number of nitro groups is 1. The van der Waals surface area contributed by atoms with Crippen molar-refractivity contribution < 1.29 is 9.66 Å². The van der Waals surface area contributed by atoms with E-state index in [-0.39, 0.29) is 19.0 Å². The third kappa shape index (κ3) is 3.98. The second kappa shape index (κ2) is 7.94. The maximum atomic E-state index is 12.3. The molecular weight excluding hydrogens is 360 g/mol. The Labute approximate surface area is 153 Å². The van der Waals surface area contributed by atoms with E-state index in [0.29, 0.717) is 17.3 Å². The third-order valence-corrected chi connectivity index (χ3v) is 3.87. The van der Waals surface area contributed by atoms with Gasteiger partial charge in [0.05, 0.1) is 18.1 Å². The summed E-state index contributed by atoms with van der Waals surface area (Å²) in [6.45, 7) is 0.939. The van der Waals surface area contributed by atoms with Crippen LogP contribution < -0.4 is 10.9 Å². The number of pyridine rings is 1. The molecule has 26 heavy (non-hydrogen) atoms. The minimum absolute atomic E-state index is 0.0682. The summed E-state index contributed by atoms with van der Waals surface area (Å²) in [7, 11) is 0. The second-order valence-corrected chi connectivity index (χ2v) is 5.84. The highest BCUT2D eigenvalue weighted by Gasteiger charge is 2.23. The summed E-state index contributed by atoms with van der Waals surface area (Å²) in [5.41, 5.74) is -0.0354. The molecule has 0 aliphatic rings. The van der Waals surface area contributed by atoms with E-state index < -0.39 is 16.2 Å². The largest absolute Gasteiger partial charge is 0.376 e. The first-order valence-electron chi connectivity index (χ1n) is 7.78. The molecule has 0 saturated heterocycles. The number of rotatable bonds is 7. The van der Waals surface area contributed by atoms with Crippen molar-refractivity contribution in [3.05, 3.63) is 79.7 Å². The Bertz CT molecular complexity index is 988. The van der Waals surface area contributed by atoms with Crippen LogP contribution >= 0.6 is 11.6 Å². The lowest BCUT2D eigenvalue weighted by Gasteiger charge is -2.08. The first-order valence-corrected chi connectivity index (χ1v) is 8.16. The zero-order chi connectivity index (χ0) is 18.5. The highest BCUT2D eigenvalue weighted by molar-refractivity contribution is 6.30. The molecule has 0 bridgehead atoms. The Kier molecular flexibility index (Phi) is 5.45. The summed E-state index contributed by atoms with van der Waals surface area (Å²) >= 11 is 5.82. The fraction of sp³-hybridized carbons (Fsp3) is 0.176. The van der Waals surface area contributed by atoms with Crippen LogP contribution in [-0.4, -0.2) is 27.5 Å². The second-order valence-electron chi connectivity index (χ2n) is 5.41. The monoisotopic (exact) mass is 374 g/mol. The van der Waals surface area contributed by atoms with Crippen LogP contribution in [0.1, 0.15) is 5.56 Å². The van der Waals surface area contributed by atoms with Gasteiger partial charge in [-0.1, -0.05) is 29.8 Å². The molecule has 0 radical (unpaired) electrons. The van der Waals surface area contributed by atoms with Crippen LogP contribution in [0.2, 0.25) is 5.02 Å². The summed E-state index contributed by atoms with van der Waals surface area (Å²) < 4.78 is 6.65. The summed E-state index contributed by atoms with van der Waals surface area (Å²) in [5.74, 6) is -0.0682. The van der Waals surface area contributed by atoms with Gasteiger partial charge >= 0.3 is 11.2 Å². The van der Waals surface area contributed by atoms with Crippen LogP contribution in [0.4, 0.5) is 11.5 Å². The minimum atomic E-state index is -0.731. The Morgan fingerprint density at radius 3 is 2.73 bits per heavy atom. The maximum Gasteiger partial charge on any atom is 0.376 e. The van der Waals surface area contributed by atoms with Gasteiger partial charge in [0.15, 0.2) is 0 Å². The van der Waals surface area contributed by atoms with E-state index in [1.54, 1.807) is 30.3 Å². The number of nitrogens with one attached hydrogen (secondary N) is 1. The first-order chi connectivity index (χ1) is 12.6. The van der Waals surface area contributed by atoms with E-state index in [4.69, 9.17) is 16.3 Å². The minimum Gasteiger partial charge on any atom is -0.375 e. The van der Waals surface area contributed by atoms with Gasteiger partial charge in [0.1, 0.15) is 5.65 Å². The number of aromatic nitrogens is 2. The number of fused-ring (bicyclic) bond motifs is 1. The highest BCUT2D eigenvalue weighted by atomic mass is 35.5. The Balaban J connectivity index is 1.66. The van der Waals surface area contributed by atoms with Gasteiger partial charge in [-0.25, -0.2) is 4.98 Å². The average molecular weight is 375 g/mol. The summed E-state index contributed by atoms with van der Waals surface area (Å²) in [5, 5.41) is 14.7. The molecule has 8 nitrogen and oxygen atoms in total. The van der Waals surface area contributed by atoms with Crippen LogP contribution in [0.25, 0.3) is 5.65 Å². The number of hydrogen-bond donors (Lipinski definition) is 1. The lowest BCUT2D eigenvalue weighted by atomic mass is 10.2. The van der Waals surface area contributed by atoms with Gasteiger partial charge in [0.2, 0.25) is 5.82 Å². The Morgan fingerprint density at radius 2 is 2.00 bits per heavy atom. The van der Waals surface area contributed by atoms with Crippen molar-refractivity contribution in [2.24, 2.45) is 0 Å². The summed E-state index contributed by atoms with van der Waals surface area (Å²) in [4.78, 5) is 27.0. The number of nitrogens with zero attached hydrogens (tertiary/aromatic N) is 3. The van der Waals surface area contributed by atoms with Crippen molar-refractivity contribution in [3.63, 3.8) is 0 Å².